The van der Waals surface area contributed by atoms with E-state index in [1.807, 2.05) is 18.2 Å². The second-order valence-electron chi connectivity index (χ2n) is 5.08. The number of amides is 1. The molecule has 116 valence electrons. The van der Waals surface area contributed by atoms with Gasteiger partial charge in [0.25, 0.3) is 5.91 Å². The minimum atomic E-state index is -0.178. The third-order valence-electron chi connectivity index (χ3n) is 3.72. The molecule has 1 fully saturated rings. The van der Waals surface area contributed by atoms with Crippen molar-refractivity contribution in [1.29, 1.82) is 0 Å². The Bertz CT molecular complexity index is 585. The van der Waals surface area contributed by atoms with Crippen molar-refractivity contribution in [3.63, 3.8) is 0 Å². The number of rotatable bonds is 5. The Balaban J connectivity index is 1.69. The Hall–Kier alpha value is -1.83. The molecule has 6 nitrogen and oxygen atoms in total. The predicted molar refractivity (Wildman–Crippen MR) is 83.8 cm³/mol. The smallest absolute Gasteiger partial charge is 0.272 e. The molecule has 7 heteroatoms. The fourth-order valence-electron chi connectivity index (χ4n) is 2.57. The molecule has 1 unspecified atom stereocenters. The quantitative estimate of drug-likeness (QED) is 0.901. The first-order chi connectivity index (χ1) is 10.8. The lowest BCUT2D eigenvalue weighted by Gasteiger charge is -2.34. The molecule has 1 aromatic heterocycles. The normalized spacial score (nSPS) is 17.1. The average molecular weight is 318 g/mol. The Morgan fingerprint density at radius 1 is 1.32 bits per heavy atom. The molecule has 1 aromatic carbocycles. The van der Waals surface area contributed by atoms with Gasteiger partial charge in [-0.3, -0.25) is 9.69 Å². The fraction of sp³-hybridized carbons (Fsp3) is 0.400. The van der Waals surface area contributed by atoms with Crippen LogP contribution in [0.4, 0.5) is 0 Å². The van der Waals surface area contributed by atoms with Crippen molar-refractivity contribution in [3.8, 4) is 0 Å². The van der Waals surface area contributed by atoms with E-state index in [1.165, 1.54) is 11.8 Å². The van der Waals surface area contributed by atoms with Crippen molar-refractivity contribution in [2.24, 2.45) is 0 Å². The fourth-order valence-corrected chi connectivity index (χ4v) is 2.98. The molecule has 0 spiro atoms. The van der Waals surface area contributed by atoms with Crippen LogP contribution in [0, 0.1) is 0 Å². The molecule has 1 saturated heterocycles. The molecule has 1 atom stereocenters. The number of nitrogens with one attached hydrogen (secondary N) is 1. The Kier molecular flexibility index (Phi) is 5.10. The molecule has 1 N–H and O–H groups in total. The van der Waals surface area contributed by atoms with Crippen molar-refractivity contribution >= 4 is 17.6 Å². The van der Waals surface area contributed by atoms with E-state index in [2.05, 4.69) is 31.1 Å². The third kappa shape index (κ3) is 3.68. The summed E-state index contributed by atoms with van der Waals surface area (Å²) >= 11 is 1.04. The van der Waals surface area contributed by atoms with Gasteiger partial charge in [0.05, 0.1) is 37.2 Å². The maximum Gasteiger partial charge on any atom is 0.272 e. The Morgan fingerprint density at radius 2 is 2.09 bits per heavy atom. The van der Waals surface area contributed by atoms with Crippen LogP contribution in [-0.4, -0.2) is 52.4 Å². The zero-order chi connectivity index (χ0) is 15.2. The maximum atomic E-state index is 12.1. The molecule has 0 radical (unpaired) electrons. The second-order valence-corrected chi connectivity index (χ2v) is 5.63. The number of ether oxygens (including phenoxy) is 1. The molecule has 0 saturated carbocycles. The number of hydrogen-bond acceptors (Lipinski definition) is 6. The first kappa shape index (κ1) is 15.1. The number of carbonyl (C=O) groups excluding carboxylic acids is 1. The van der Waals surface area contributed by atoms with E-state index in [9.17, 15) is 4.79 Å². The summed E-state index contributed by atoms with van der Waals surface area (Å²) in [7, 11) is 0. The molecule has 2 aromatic rings. The number of morpholine rings is 1. The Morgan fingerprint density at radius 3 is 2.77 bits per heavy atom. The van der Waals surface area contributed by atoms with Gasteiger partial charge in [0.1, 0.15) is 0 Å². The van der Waals surface area contributed by atoms with Crippen molar-refractivity contribution in [2.45, 2.75) is 6.04 Å². The lowest BCUT2D eigenvalue weighted by molar-refractivity contribution is 0.0162. The number of carbonyl (C=O) groups is 1. The van der Waals surface area contributed by atoms with Crippen LogP contribution < -0.4 is 5.32 Å². The van der Waals surface area contributed by atoms with Crippen molar-refractivity contribution in [1.82, 2.24) is 19.0 Å². The number of benzene rings is 1. The number of hydrogen-bond donors (Lipinski definition) is 1. The molecule has 2 heterocycles. The van der Waals surface area contributed by atoms with Crippen LogP contribution in [0.3, 0.4) is 0 Å². The van der Waals surface area contributed by atoms with E-state index in [0.29, 0.717) is 12.2 Å². The van der Waals surface area contributed by atoms with Crippen LogP contribution in [0.1, 0.15) is 22.1 Å². The SMILES string of the molecule is O=C(NCC(c1ccccc1)N1CCOCC1)c1cnsn1. The van der Waals surface area contributed by atoms with Gasteiger partial charge in [0.15, 0.2) is 5.69 Å². The minimum Gasteiger partial charge on any atom is -0.379 e. The van der Waals surface area contributed by atoms with Crippen molar-refractivity contribution in [2.75, 3.05) is 32.8 Å². The van der Waals surface area contributed by atoms with Crippen LogP contribution in [0.25, 0.3) is 0 Å². The average Bonchev–Trinajstić information content (AvgIpc) is 3.11. The summed E-state index contributed by atoms with van der Waals surface area (Å²) < 4.78 is 13.2. The van der Waals surface area contributed by atoms with Crippen LogP contribution in [0.15, 0.2) is 36.5 Å². The van der Waals surface area contributed by atoms with E-state index in [4.69, 9.17) is 4.74 Å². The van der Waals surface area contributed by atoms with Crippen LogP contribution >= 0.6 is 11.7 Å². The summed E-state index contributed by atoms with van der Waals surface area (Å²) in [5, 5.41) is 2.96. The molecule has 1 aliphatic rings. The monoisotopic (exact) mass is 318 g/mol. The zero-order valence-electron chi connectivity index (χ0n) is 12.1. The number of nitrogens with zero attached hydrogens (tertiary/aromatic N) is 3. The first-order valence-electron chi connectivity index (χ1n) is 7.27. The lowest BCUT2D eigenvalue weighted by atomic mass is 10.0. The molecular formula is C15H18N4O2S. The highest BCUT2D eigenvalue weighted by molar-refractivity contribution is 6.99. The van der Waals surface area contributed by atoms with Gasteiger partial charge in [-0.2, -0.15) is 8.75 Å². The van der Waals surface area contributed by atoms with E-state index in [1.54, 1.807) is 0 Å². The van der Waals surface area contributed by atoms with Gasteiger partial charge in [0, 0.05) is 19.6 Å². The lowest BCUT2D eigenvalue weighted by Crippen LogP contribution is -2.43. The predicted octanol–water partition coefficient (Wildman–Crippen LogP) is 1.34. The molecular weight excluding hydrogens is 300 g/mol. The van der Waals surface area contributed by atoms with Crippen molar-refractivity contribution < 1.29 is 9.53 Å². The van der Waals surface area contributed by atoms with Gasteiger partial charge in [0.2, 0.25) is 0 Å². The van der Waals surface area contributed by atoms with E-state index >= 15 is 0 Å². The summed E-state index contributed by atoms with van der Waals surface area (Å²) in [5.41, 5.74) is 1.57. The Labute approximate surface area is 133 Å². The largest absolute Gasteiger partial charge is 0.379 e. The van der Waals surface area contributed by atoms with E-state index in [0.717, 1.165) is 38.0 Å². The van der Waals surface area contributed by atoms with Gasteiger partial charge in [-0.1, -0.05) is 30.3 Å². The minimum absolute atomic E-state index is 0.139. The van der Waals surface area contributed by atoms with Crippen LogP contribution in [0.2, 0.25) is 0 Å². The highest BCUT2D eigenvalue weighted by Gasteiger charge is 2.23. The second kappa shape index (κ2) is 7.44. The summed E-state index contributed by atoms with van der Waals surface area (Å²) in [6, 6.07) is 10.4. The van der Waals surface area contributed by atoms with Gasteiger partial charge < -0.3 is 10.1 Å². The summed E-state index contributed by atoms with van der Waals surface area (Å²) in [6.45, 7) is 3.74. The first-order valence-corrected chi connectivity index (χ1v) is 8.00. The van der Waals surface area contributed by atoms with E-state index < -0.39 is 0 Å². The van der Waals surface area contributed by atoms with Gasteiger partial charge in [-0.05, 0) is 5.56 Å². The van der Waals surface area contributed by atoms with Crippen LogP contribution in [0.5, 0.6) is 0 Å². The topological polar surface area (TPSA) is 67.4 Å². The summed E-state index contributed by atoms with van der Waals surface area (Å²) in [5.74, 6) is -0.178. The highest BCUT2D eigenvalue weighted by atomic mass is 32.1. The number of aromatic nitrogens is 2. The maximum absolute atomic E-state index is 12.1. The highest BCUT2D eigenvalue weighted by Crippen LogP contribution is 2.21. The molecule has 1 amide bonds. The summed E-state index contributed by atoms with van der Waals surface area (Å²) in [6.07, 6.45) is 1.49. The standard InChI is InChI=1S/C15H18N4O2S/c20-15(13-10-17-22-18-13)16-11-14(12-4-2-1-3-5-12)19-6-8-21-9-7-19/h1-5,10,14H,6-9,11H2,(H,16,20). The third-order valence-corrected chi connectivity index (χ3v) is 4.20. The van der Waals surface area contributed by atoms with Crippen LogP contribution in [-0.2, 0) is 4.74 Å². The molecule has 0 bridgehead atoms. The van der Waals surface area contributed by atoms with Crippen molar-refractivity contribution in [3.05, 3.63) is 47.8 Å². The molecule has 1 aliphatic heterocycles. The van der Waals surface area contributed by atoms with Gasteiger partial charge in [-0.25, -0.2) is 0 Å². The molecule has 22 heavy (non-hydrogen) atoms. The summed E-state index contributed by atoms with van der Waals surface area (Å²) in [4.78, 5) is 14.4. The molecule has 0 aliphatic carbocycles. The molecule has 3 rings (SSSR count). The van der Waals surface area contributed by atoms with E-state index in [-0.39, 0.29) is 11.9 Å². The zero-order valence-corrected chi connectivity index (χ0v) is 13.0. The van der Waals surface area contributed by atoms with Gasteiger partial charge in [-0.15, -0.1) is 0 Å². The van der Waals surface area contributed by atoms with Gasteiger partial charge >= 0.3 is 0 Å².